The van der Waals surface area contributed by atoms with E-state index < -0.39 is 0 Å². The minimum Gasteiger partial charge on any atom is -0.356 e. The van der Waals surface area contributed by atoms with Crippen molar-refractivity contribution < 1.29 is 9.59 Å². The molecule has 0 spiro atoms. The average molecular weight is 384 g/mol. The summed E-state index contributed by atoms with van der Waals surface area (Å²) in [6.45, 7) is 4.58. The minimum absolute atomic E-state index is 0.156. The van der Waals surface area contributed by atoms with E-state index in [0.717, 1.165) is 77.7 Å². The molecule has 2 saturated heterocycles. The Labute approximate surface area is 168 Å². The summed E-state index contributed by atoms with van der Waals surface area (Å²) in [4.78, 5) is 29.3. The molecule has 3 fully saturated rings. The Morgan fingerprint density at radius 3 is 2.18 bits per heavy atom. The van der Waals surface area contributed by atoms with Crippen LogP contribution in [0.15, 0.2) is 30.3 Å². The zero-order chi connectivity index (χ0) is 19.3. The predicted molar refractivity (Wildman–Crippen MR) is 110 cm³/mol. The van der Waals surface area contributed by atoms with E-state index in [1.54, 1.807) is 0 Å². The zero-order valence-electron chi connectivity index (χ0n) is 16.8. The van der Waals surface area contributed by atoms with E-state index in [9.17, 15) is 9.59 Å². The van der Waals surface area contributed by atoms with E-state index in [2.05, 4.69) is 27.2 Å². The van der Waals surface area contributed by atoms with E-state index in [1.807, 2.05) is 18.2 Å². The monoisotopic (exact) mass is 383 g/mol. The summed E-state index contributed by atoms with van der Waals surface area (Å²) in [7, 11) is 0. The number of likely N-dealkylation sites (tertiary alicyclic amines) is 2. The predicted octanol–water partition coefficient (Wildman–Crippen LogP) is 2.46. The fourth-order valence-corrected chi connectivity index (χ4v) is 4.69. The smallest absolute Gasteiger partial charge is 0.225 e. The van der Waals surface area contributed by atoms with Crippen molar-refractivity contribution in [1.82, 2.24) is 15.1 Å². The molecular weight excluding hydrogens is 350 g/mol. The van der Waals surface area contributed by atoms with Gasteiger partial charge in [-0.1, -0.05) is 30.3 Å². The van der Waals surface area contributed by atoms with Crippen LogP contribution in [-0.2, 0) is 16.0 Å². The van der Waals surface area contributed by atoms with Crippen LogP contribution in [0.25, 0.3) is 0 Å². The van der Waals surface area contributed by atoms with Gasteiger partial charge in [-0.2, -0.15) is 0 Å². The summed E-state index contributed by atoms with van der Waals surface area (Å²) in [5, 5.41) is 3.13. The molecule has 5 nitrogen and oxygen atoms in total. The molecule has 3 aliphatic rings. The summed E-state index contributed by atoms with van der Waals surface area (Å²) in [6.07, 6.45) is 7.18. The standard InChI is InChI=1S/C23H33N3O2/c27-22(24-13-8-18-4-2-1-3-5-18)19-9-14-25(15-10-19)21-11-16-26(17-12-21)23(28)20-6-7-20/h1-5,19-21H,6-17H2,(H,24,27). The largest absolute Gasteiger partial charge is 0.356 e. The summed E-state index contributed by atoms with van der Waals surface area (Å²) in [5.41, 5.74) is 1.27. The van der Waals surface area contributed by atoms with Crippen LogP contribution in [0.3, 0.4) is 0 Å². The van der Waals surface area contributed by atoms with Crippen molar-refractivity contribution in [2.45, 2.75) is 51.0 Å². The van der Waals surface area contributed by atoms with Gasteiger partial charge in [0, 0.05) is 37.5 Å². The first kappa shape index (κ1) is 19.4. The normalized spacial score (nSPS) is 22.2. The Hall–Kier alpha value is -1.88. The first-order chi connectivity index (χ1) is 13.7. The van der Waals surface area contributed by atoms with Gasteiger partial charge in [0.2, 0.25) is 11.8 Å². The molecule has 28 heavy (non-hydrogen) atoms. The number of hydrogen-bond donors (Lipinski definition) is 1. The Balaban J connectivity index is 1.14. The number of piperidine rings is 2. The Morgan fingerprint density at radius 2 is 1.54 bits per heavy atom. The molecule has 5 heteroatoms. The van der Waals surface area contributed by atoms with Crippen molar-refractivity contribution in [2.24, 2.45) is 11.8 Å². The van der Waals surface area contributed by atoms with Gasteiger partial charge >= 0.3 is 0 Å². The summed E-state index contributed by atoms with van der Waals surface area (Å²) >= 11 is 0. The summed E-state index contributed by atoms with van der Waals surface area (Å²) in [5.74, 6) is 1.11. The highest BCUT2D eigenvalue weighted by Crippen LogP contribution is 2.32. The highest BCUT2D eigenvalue weighted by atomic mass is 16.2. The molecule has 2 heterocycles. The van der Waals surface area contributed by atoms with E-state index in [1.165, 1.54) is 5.56 Å². The number of benzene rings is 1. The van der Waals surface area contributed by atoms with Crippen LogP contribution in [0.4, 0.5) is 0 Å². The van der Waals surface area contributed by atoms with Crippen LogP contribution >= 0.6 is 0 Å². The van der Waals surface area contributed by atoms with Crippen molar-refractivity contribution in [3.05, 3.63) is 35.9 Å². The molecule has 2 aliphatic heterocycles. The van der Waals surface area contributed by atoms with Gasteiger partial charge in [0.05, 0.1) is 0 Å². The van der Waals surface area contributed by atoms with Crippen molar-refractivity contribution in [3.63, 3.8) is 0 Å². The molecule has 2 amide bonds. The van der Waals surface area contributed by atoms with Gasteiger partial charge in [-0.15, -0.1) is 0 Å². The van der Waals surface area contributed by atoms with Gasteiger partial charge < -0.3 is 15.1 Å². The number of nitrogens with one attached hydrogen (secondary N) is 1. The number of amides is 2. The Morgan fingerprint density at radius 1 is 0.857 bits per heavy atom. The second-order valence-electron chi connectivity index (χ2n) is 8.67. The van der Waals surface area contributed by atoms with Crippen LogP contribution in [0.5, 0.6) is 0 Å². The maximum atomic E-state index is 12.5. The topological polar surface area (TPSA) is 52.7 Å². The first-order valence-corrected chi connectivity index (χ1v) is 11.0. The van der Waals surface area contributed by atoms with E-state index in [0.29, 0.717) is 17.9 Å². The highest BCUT2D eigenvalue weighted by molar-refractivity contribution is 5.81. The number of carbonyl (C=O) groups is 2. The Bertz CT molecular complexity index is 658. The molecule has 0 aromatic heterocycles. The van der Waals surface area contributed by atoms with Crippen LogP contribution in [0, 0.1) is 11.8 Å². The average Bonchev–Trinajstić information content (AvgIpc) is 3.60. The lowest BCUT2D eigenvalue weighted by atomic mass is 9.92. The lowest BCUT2D eigenvalue weighted by molar-refractivity contribution is -0.134. The molecule has 1 aliphatic carbocycles. The third-order valence-corrected chi connectivity index (χ3v) is 6.68. The van der Waals surface area contributed by atoms with Crippen LogP contribution in [0.2, 0.25) is 0 Å². The third kappa shape index (κ3) is 4.93. The summed E-state index contributed by atoms with van der Waals surface area (Å²) < 4.78 is 0. The van der Waals surface area contributed by atoms with Gasteiger partial charge in [-0.05, 0) is 63.6 Å². The Kier molecular flexibility index (Phi) is 6.30. The van der Waals surface area contributed by atoms with Gasteiger partial charge in [0.15, 0.2) is 0 Å². The SMILES string of the molecule is O=C(NCCc1ccccc1)C1CCN(C2CCN(C(=O)C3CC3)CC2)CC1. The number of hydrogen-bond acceptors (Lipinski definition) is 3. The van der Waals surface area contributed by atoms with Crippen molar-refractivity contribution in [3.8, 4) is 0 Å². The number of rotatable bonds is 6. The molecule has 1 saturated carbocycles. The van der Waals surface area contributed by atoms with Gasteiger partial charge in [-0.25, -0.2) is 0 Å². The molecule has 152 valence electrons. The molecule has 0 unspecified atom stereocenters. The van der Waals surface area contributed by atoms with Crippen LogP contribution in [0.1, 0.15) is 44.1 Å². The second kappa shape index (κ2) is 9.08. The molecule has 1 aromatic rings. The number of nitrogens with zero attached hydrogens (tertiary/aromatic N) is 2. The van der Waals surface area contributed by atoms with Crippen molar-refractivity contribution in [2.75, 3.05) is 32.7 Å². The van der Waals surface area contributed by atoms with E-state index in [4.69, 9.17) is 0 Å². The van der Waals surface area contributed by atoms with Gasteiger partial charge in [-0.3, -0.25) is 9.59 Å². The molecule has 0 atom stereocenters. The zero-order valence-corrected chi connectivity index (χ0v) is 16.8. The molecule has 0 bridgehead atoms. The quantitative estimate of drug-likeness (QED) is 0.821. The minimum atomic E-state index is 0.156. The van der Waals surface area contributed by atoms with Crippen molar-refractivity contribution in [1.29, 1.82) is 0 Å². The fraction of sp³-hybridized carbons (Fsp3) is 0.652. The third-order valence-electron chi connectivity index (χ3n) is 6.68. The first-order valence-electron chi connectivity index (χ1n) is 11.0. The van der Waals surface area contributed by atoms with Gasteiger partial charge in [0.1, 0.15) is 0 Å². The van der Waals surface area contributed by atoms with Crippen LogP contribution < -0.4 is 5.32 Å². The maximum absolute atomic E-state index is 12.5. The molecular formula is C23H33N3O2. The van der Waals surface area contributed by atoms with Gasteiger partial charge in [0.25, 0.3) is 0 Å². The van der Waals surface area contributed by atoms with Crippen LogP contribution in [-0.4, -0.2) is 60.4 Å². The van der Waals surface area contributed by atoms with E-state index >= 15 is 0 Å². The maximum Gasteiger partial charge on any atom is 0.225 e. The molecule has 4 rings (SSSR count). The lowest BCUT2D eigenvalue weighted by Gasteiger charge is -2.41. The molecule has 1 aromatic carbocycles. The highest BCUT2D eigenvalue weighted by Gasteiger charge is 2.36. The molecule has 1 N–H and O–H groups in total. The second-order valence-corrected chi connectivity index (χ2v) is 8.67. The van der Waals surface area contributed by atoms with Crippen molar-refractivity contribution >= 4 is 11.8 Å². The molecule has 0 radical (unpaired) electrons. The summed E-state index contributed by atoms with van der Waals surface area (Å²) in [6, 6.07) is 10.9. The van der Waals surface area contributed by atoms with E-state index in [-0.39, 0.29) is 11.8 Å². The fourth-order valence-electron chi connectivity index (χ4n) is 4.69. The number of carbonyl (C=O) groups excluding carboxylic acids is 2. The lowest BCUT2D eigenvalue weighted by Crippen LogP contribution is -2.50.